The first-order valence-corrected chi connectivity index (χ1v) is 15.3. The highest BCUT2D eigenvalue weighted by molar-refractivity contribution is 6.27. The third kappa shape index (κ3) is 3.78. The molecule has 0 saturated heterocycles. The third-order valence-corrected chi connectivity index (χ3v) is 9.23. The molecule has 0 aliphatic rings. The zero-order valence-corrected chi connectivity index (χ0v) is 24.2. The second-order valence-corrected chi connectivity index (χ2v) is 11.6. The standard InChI is InChI=1S/C44H28/c1-2-13-29(14-3-1)31-25-26-40-42(27-31)44(41-28-32-16-5-7-19-34(32)35-20-8-9-21-36(35)41)39-23-11-10-22-38(39)43(40)37-24-12-17-30-15-4-6-18-33(30)37/h1-28H. The number of rotatable bonds is 3. The summed E-state index contributed by atoms with van der Waals surface area (Å²) in [7, 11) is 0. The fraction of sp³-hybridized carbons (Fsp3) is 0. The fourth-order valence-corrected chi connectivity index (χ4v) is 7.27. The summed E-state index contributed by atoms with van der Waals surface area (Å²) in [5, 5.41) is 12.7. The van der Waals surface area contributed by atoms with Gasteiger partial charge in [0.25, 0.3) is 0 Å². The lowest BCUT2D eigenvalue weighted by Gasteiger charge is -2.21. The van der Waals surface area contributed by atoms with Crippen LogP contribution in [0.15, 0.2) is 170 Å². The molecule has 9 aromatic carbocycles. The maximum absolute atomic E-state index is 2.42. The molecule has 0 spiro atoms. The molecule has 9 aromatic rings. The molecule has 0 N–H and O–H groups in total. The van der Waals surface area contributed by atoms with Crippen molar-refractivity contribution in [3.63, 3.8) is 0 Å². The van der Waals surface area contributed by atoms with E-state index in [2.05, 4.69) is 170 Å². The van der Waals surface area contributed by atoms with E-state index in [1.165, 1.54) is 87.2 Å². The molecular formula is C44H28. The van der Waals surface area contributed by atoms with Gasteiger partial charge in [0.15, 0.2) is 0 Å². The summed E-state index contributed by atoms with van der Waals surface area (Å²) in [4.78, 5) is 0. The number of fused-ring (bicyclic) bond motifs is 6. The molecule has 0 radical (unpaired) electrons. The quantitative estimate of drug-likeness (QED) is 0.150. The van der Waals surface area contributed by atoms with Gasteiger partial charge in [0.1, 0.15) is 0 Å². The molecule has 44 heavy (non-hydrogen) atoms. The van der Waals surface area contributed by atoms with Gasteiger partial charge in [-0.05, 0) is 99.4 Å². The molecule has 0 aliphatic carbocycles. The number of benzene rings is 9. The summed E-state index contributed by atoms with van der Waals surface area (Å²) in [5.74, 6) is 0. The minimum atomic E-state index is 1.23. The van der Waals surface area contributed by atoms with Crippen molar-refractivity contribution in [1.82, 2.24) is 0 Å². The summed E-state index contributed by atoms with van der Waals surface area (Å²) in [5.41, 5.74) is 7.58. The Balaban J connectivity index is 1.50. The van der Waals surface area contributed by atoms with E-state index in [9.17, 15) is 0 Å². The fourth-order valence-electron chi connectivity index (χ4n) is 7.27. The molecule has 0 saturated carbocycles. The molecule has 0 fully saturated rings. The maximum atomic E-state index is 2.42. The molecule has 0 nitrogen and oxygen atoms in total. The second-order valence-electron chi connectivity index (χ2n) is 11.6. The molecule has 0 aliphatic heterocycles. The van der Waals surface area contributed by atoms with Crippen LogP contribution < -0.4 is 0 Å². The molecule has 9 rings (SSSR count). The maximum Gasteiger partial charge on any atom is -0.00197 e. The van der Waals surface area contributed by atoms with E-state index in [1.54, 1.807) is 0 Å². The van der Waals surface area contributed by atoms with E-state index >= 15 is 0 Å². The van der Waals surface area contributed by atoms with Crippen LogP contribution in [0.25, 0.3) is 87.2 Å². The summed E-state index contributed by atoms with van der Waals surface area (Å²) >= 11 is 0. The first-order valence-electron chi connectivity index (χ1n) is 15.3. The van der Waals surface area contributed by atoms with E-state index in [0.29, 0.717) is 0 Å². The van der Waals surface area contributed by atoms with Crippen molar-refractivity contribution in [3.05, 3.63) is 170 Å². The Bertz CT molecular complexity index is 2530. The van der Waals surface area contributed by atoms with Crippen LogP contribution in [0, 0.1) is 0 Å². The Labute approximate surface area is 256 Å². The number of hydrogen-bond acceptors (Lipinski definition) is 0. The highest BCUT2D eigenvalue weighted by Gasteiger charge is 2.20. The topological polar surface area (TPSA) is 0 Å². The van der Waals surface area contributed by atoms with Crippen LogP contribution in [-0.2, 0) is 0 Å². The van der Waals surface area contributed by atoms with Crippen molar-refractivity contribution in [2.75, 3.05) is 0 Å². The van der Waals surface area contributed by atoms with Crippen LogP contribution in [0.3, 0.4) is 0 Å². The van der Waals surface area contributed by atoms with Gasteiger partial charge in [-0.3, -0.25) is 0 Å². The minimum absolute atomic E-state index is 1.23. The van der Waals surface area contributed by atoms with Gasteiger partial charge in [0.2, 0.25) is 0 Å². The highest BCUT2D eigenvalue weighted by Crippen LogP contribution is 2.48. The van der Waals surface area contributed by atoms with E-state index in [0.717, 1.165) is 0 Å². The summed E-state index contributed by atoms with van der Waals surface area (Å²) < 4.78 is 0. The summed E-state index contributed by atoms with van der Waals surface area (Å²) in [6.07, 6.45) is 0. The average Bonchev–Trinajstić information content (AvgIpc) is 3.10. The van der Waals surface area contributed by atoms with Crippen molar-refractivity contribution >= 4 is 53.9 Å². The second kappa shape index (κ2) is 9.93. The molecule has 0 heteroatoms. The van der Waals surface area contributed by atoms with Crippen molar-refractivity contribution in [3.8, 4) is 33.4 Å². The van der Waals surface area contributed by atoms with Crippen molar-refractivity contribution < 1.29 is 0 Å². The first kappa shape index (κ1) is 24.8. The first-order chi connectivity index (χ1) is 21.8. The Morgan fingerprint density at radius 2 is 0.773 bits per heavy atom. The Kier molecular flexibility index (Phi) is 5.61. The van der Waals surface area contributed by atoms with Gasteiger partial charge < -0.3 is 0 Å². The Hall–Kier alpha value is -5.72. The van der Waals surface area contributed by atoms with E-state index in [-0.39, 0.29) is 0 Å². The highest BCUT2D eigenvalue weighted by atomic mass is 14.2. The monoisotopic (exact) mass is 556 g/mol. The third-order valence-electron chi connectivity index (χ3n) is 9.23. The lowest BCUT2D eigenvalue weighted by Crippen LogP contribution is -1.93. The van der Waals surface area contributed by atoms with E-state index in [4.69, 9.17) is 0 Å². The average molecular weight is 557 g/mol. The lowest BCUT2D eigenvalue weighted by molar-refractivity contribution is 1.64. The molecule has 0 unspecified atom stereocenters. The van der Waals surface area contributed by atoms with E-state index < -0.39 is 0 Å². The van der Waals surface area contributed by atoms with Crippen LogP contribution in [0.1, 0.15) is 0 Å². The molecule has 0 bridgehead atoms. The van der Waals surface area contributed by atoms with Crippen molar-refractivity contribution in [2.24, 2.45) is 0 Å². The molecule has 0 atom stereocenters. The Morgan fingerprint density at radius 1 is 0.227 bits per heavy atom. The molecule has 0 heterocycles. The van der Waals surface area contributed by atoms with Gasteiger partial charge >= 0.3 is 0 Å². The largest absolute Gasteiger partial charge is 0.0622 e. The van der Waals surface area contributed by atoms with Gasteiger partial charge in [-0.15, -0.1) is 0 Å². The molecule has 0 aromatic heterocycles. The van der Waals surface area contributed by atoms with Crippen LogP contribution in [0.5, 0.6) is 0 Å². The Morgan fingerprint density at radius 3 is 1.55 bits per heavy atom. The normalized spacial score (nSPS) is 11.6. The van der Waals surface area contributed by atoms with Crippen molar-refractivity contribution in [1.29, 1.82) is 0 Å². The van der Waals surface area contributed by atoms with Crippen LogP contribution in [0.2, 0.25) is 0 Å². The molecule has 204 valence electrons. The van der Waals surface area contributed by atoms with E-state index in [1.807, 2.05) is 0 Å². The molecule has 0 amide bonds. The molecular weight excluding hydrogens is 528 g/mol. The summed E-state index contributed by atoms with van der Waals surface area (Å²) in [6, 6.07) is 62.4. The van der Waals surface area contributed by atoms with Crippen LogP contribution >= 0.6 is 0 Å². The van der Waals surface area contributed by atoms with Crippen molar-refractivity contribution in [2.45, 2.75) is 0 Å². The predicted octanol–water partition coefficient (Wildman–Crippen LogP) is 12.5. The SMILES string of the molecule is c1ccc(-c2ccc3c(-c4cccc5ccccc45)c4ccccc4c(-c4cc5ccccc5c5ccccc45)c3c2)cc1. The zero-order chi connectivity index (χ0) is 29.0. The summed E-state index contributed by atoms with van der Waals surface area (Å²) in [6.45, 7) is 0. The van der Waals surface area contributed by atoms with Gasteiger partial charge in [0, 0.05) is 0 Å². The van der Waals surface area contributed by atoms with Crippen LogP contribution in [0.4, 0.5) is 0 Å². The zero-order valence-electron chi connectivity index (χ0n) is 24.2. The van der Waals surface area contributed by atoms with Crippen LogP contribution in [-0.4, -0.2) is 0 Å². The van der Waals surface area contributed by atoms with Gasteiger partial charge in [-0.2, -0.15) is 0 Å². The lowest BCUT2D eigenvalue weighted by atomic mass is 9.82. The number of hydrogen-bond donors (Lipinski definition) is 0. The van der Waals surface area contributed by atoms with Gasteiger partial charge in [0.05, 0.1) is 0 Å². The van der Waals surface area contributed by atoms with Gasteiger partial charge in [-0.25, -0.2) is 0 Å². The minimum Gasteiger partial charge on any atom is -0.0622 e. The smallest absolute Gasteiger partial charge is 0.00197 e. The van der Waals surface area contributed by atoms with Gasteiger partial charge in [-0.1, -0.05) is 158 Å². The predicted molar refractivity (Wildman–Crippen MR) is 190 cm³/mol.